The van der Waals surface area contributed by atoms with Gasteiger partial charge in [-0.05, 0) is 32.4 Å². The van der Waals surface area contributed by atoms with Crippen molar-refractivity contribution in [3.05, 3.63) is 18.5 Å². The highest BCUT2D eigenvalue weighted by Gasteiger charge is 2.31. The fraction of sp³-hybridized carbons (Fsp3) is 0.636. The van der Waals surface area contributed by atoms with Crippen LogP contribution in [0.15, 0.2) is 18.5 Å². The van der Waals surface area contributed by atoms with Gasteiger partial charge in [-0.25, -0.2) is 0 Å². The third-order valence-corrected chi connectivity index (χ3v) is 3.25. The van der Waals surface area contributed by atoms with Crippen molar-refractivity contribution in [3.63, 3.8) is 0 Å². The minimum atomic E-state index is -0.750. The van der Waals surface area contributed by atoms with Gasteiger partial charge >= 0.3 is 5.97 Å². The van der Waals surface area contributed by atoms with Gasteiger partial charge in [0.1, 0.15) is 0 Å². The summed E-state index contributed by atoms with van der Waals surface area (Å²) in [5, 5.41) is 13.1. The third kappa shape index (κ3) is 2.24. The molecule has 0 amide bonds. The molecular formula is C11H17N3O2. The zero-order chi connectivity index (χ0) is 11.5. The summed E-state index contributed by atoms with van der Waals surface area (Å²) in [7, 11) is 0. The number of hydrogen-bond acceptors (Lipinski definition) is 3. The second-order valence-corrected chi connectivity index (χ2v) is 4.30. The van der Waals surface area contributed by atoms with Gasteiger partial charge in [0.05, 0.1) is 12.6 Å². The maximum atomic E-state index is 10.7. The average molecular weight is 223 g/mol. The van der Waals surface area contributed by atoms with E-state index in [1.807, 2.05) is 21.8 Å². The quantitative estimate of drug-likeness (QED) is 0.827. The van der Waals surface area contributed by atoms with Crippen molar-refractivity contribution in [3.8, 4) is 0 Å². The molecular weight excluding hydrogens is 206 g/mol. The summed E-state index contributed by atoms with van der Waals surface area (Å²) in [5.41, 5.74) is 0. The van der Waals surface area contributed by atoms with Gasteiger partial charge in [-0.3, -0.25) is 14.4 Å². The van der Waals surface area contributed by atoms with Crippen LogP contribution in [-0.4, -0.2) is 44.9 Å². The molecule has 0 bridgehead atoms. The maximum Gasteiger partial charge on any atom is 0.317 e. The molecule has 2 atom stereocenters. The van der Waals surface area contributed by atoms with E-state index in [0.717, 1.165) is 19.4 Å². The van der Waals surface area contributed by atoms with E-state index in [1.165, 1.54) is 0 Å². The summed E-state index contributed by atoms with van der Waals surface area (Å²) < 4.78 is 1.91. The summed E-state index contributed by atoms with van der Waals surface area (Å²) >= 11 is 0. The molecule has 0 saturated carbocycles. The van der Waals surface area contributed by atoms with Crippen molar-refractivity contribution in [1.82, 2.24) is 14.7 Å². The van der Waals surface area contributed by atoms with Gasteiger partial charge in [0.25, 0.3) is 0 Å². The first kappa shape index (κ1) is 11.1. The first-order valence-corrected chi connectivity index (χ1v) is 5.63. The number of hydrogen-bond donors (Lipinski definition) is 1. The molecule has 1 aliphatic rings. The van der Waals surface area contributed by atoms with Crippen LogP contribution < -0.4 is 0 Å². The Labute approximate surface area is 94.7 Å². The molecule has 0 unspecified atom stereocenters. The second-order valence-electron chi connectivity index (χ2n) is 4.30. The normalized spacial score (nSPS) is 23.4. The Morgan fingerprint density at radius 1 is 1.69 bits per heavy atom. The molecule has 1 aromatic rings. The lowest BCUT2D eigenvalue weighted by molar-refractivity contribution is -0.138. The largest absolute Gasteiger partial charge is 0.480 e. The number of aliphatic carboxylic acids is 1. The molecule has 88 valence electrons. The summed E-state index contributed by atoms with van der Waals surface area (Å²) in [6.45, 7) is 3.11. The number of likely N-dealkylation sites (tertiary alicyclic amines) is 1. The number of carbonyl (C=O) groups is 1. The molecule has 1 N–H and O–H groups in total. The van der Waals surface area contributed by atoms with Crippen LogP contribution in [0.3, 0.4) is 0 Å². The lowest BCUT2D eigenvalue weighted by atomic mass is 10.1. The van der Waals surface area contributed by atoms with Crippen LogP contribution in [0, 0.1) is 0 Å². The molecule has 1 saturated heterocycles. The van der Waals surface area contributed by atoms with Crippen LogP contribution in [0.25, 0.3) is 0 Å². The summed E-state index contributed by atoms with van der Waals surface area (Å²) in [5.74, 6) is -0.750. The van der Waals surface area contributed by atoms with E-state index in [1.54, 1.807) is 6.20 Å². The molecule has 16 heavy (non-hydrogen) atoms. The molecule has 2 heterocycles. The molecule has 0 aliphatic carbocycles. The van der Waals surface area contributed by atoms with Crippen LogP contribution >= 0.6 is 0 Å². The van der Waals surface area contributed by atoms with E-state index >= 15 is 0 Å². The van der Waals surface area contributed by atoms with Crippen molar-refractivity contribution in [2.45, 2.75) is 31.8 Å². The SMILES string of the molecule is C[C@@H]([C@H]1CCCN1CC(=O)O)n1cccn1. The third-order valence-electron chi connectivity index (χ3n) is 3.25. The van der Waals surface area contributed by atoms with Gasteiger partial charge < -0.3 is 5.11 Å². The number of rotatable bonds is 4. The van der Waals surface area contributed by atoms with E-state index in [-0.39, 0.29) is 18.6 Å². The van der Waals surface area contributed by atoms with Crippen molar-refractivity contribution in [2.75, 3.05) is 13.1 Å². The Morgan fingerprint density at radius 2 is 2.50 bits per heavy atom. The predicted molar refractivity (Wildman–Crippen MR) is 59.2 cm³/mol. The van der Waals surface area contributed by atoms with Crippen LogP contribution in [0.4, 0.5) is 0 Å². The molecule has 1 aliphatic heterocycles. The number of nitrogens with zero attached hydrogens (tertiary/aromatic N) is 3. The predicted octanol–water partition coefficient (Wildman–Crippen LogP) is 0.993. The molecule has 5 nitrogen and oxygen atoms in total. The van der Waals surface area contributed by atoms with E-state index in [0.29, 0.717) is 0 Å². The van der Waals surface area contributed by atoms with Gasteiger partial charge in [-0.2, -0.15) is 5.10 Å². The number of carboxylic acid groups (broad SMARTS) is 1. The van der Waals surface area contributed by atoms with Crippen molar-refractivity contribution in [1.29, 1.82) is 0 Å². The zero-order valence-electron chi connectivity index (χ0n) is 9.41. The fourth-order valence-electron chi connectivity index (χ4n) is 2.47. The smallest absolute Gasteiger partial charge is 0.317 e. The zero-order valence-corrected chi connectivity index (χ0v) is 9.41. The van der Waals surface area contributed by atoms with Crippen LogP contribution in [-0.2, 0) is 4.79 Å². The fourth-order valence-corrected chi connectivity index (χ4v) is 2.47. The molecule has 0 aromatic carbocycles. The number of carboxylic acids is 1. The lowest BCUT2D eigenvalue weighted by Crippen LogP contribution is -2.39. The molecule has 0 spiro atoms. The summed E-state index contributed by atoms with van der Waals surface area (Å²) in [6, 6.07) is 2.42. The Kier molecular flexibility index (Phi) is 3.24. The van der Waals surface area contributed by atoms with Crippen molar-refractivity contribution >= 4 is 5.97 Å². The van der Waals surface area contributed by atoms with Gasteiger partial charge in [0.2, 0.25) is 0 Å². The van der Waals surface area contributed by atoms with Crippen LogP contribution in [0.5, 0.6) is 0 Å². The highest BCUT2D eigenvalue weighted by atomic mass is 16.4. The molecule has 1 aromatic heterocycles. The minimum Gasteiger partial charge on any atom is -0.480 e. The Bertz CT molecular complexity index is 350. The van der Waals surface area contributed by atoms with Gasteiger partial charge in [-0.15, -0.1) is 0 Å². The first-order chi connectivity index (χ1) is 7.68. The van der Waals surface area contributed by atoms with Crippen LogP contribution in [0.2, 0.25) is 0 Å². The minimum absolute atomic E-state index is 0.135. The second kappa shape index (κ2) is 4.65. The van der Waals surface area contributed by atoms with Gasteiger partial charge in [0, 0.05) is 18.4 Å². The Hall–Kier alpha value is -1.36. The summed E-state index contributed by atoms with van der Waals surface area (Å²) in [4.78, 5) is 12.8. The number of aromatic nitrogens is 2. The van der Waals surface area contributed by atoms with Crippen molar-refractivity contribution in [2.24, 2.45) is 0 Å². The molecule has 2 rings (SSSR count). The van der Waals surface area contributed by atoms with Gasteiger partial charge in [0.15, 0.2) is 0 Å². The summed E-state index contributed by atoms with van der Waals surface area (Å²) in [6.07, 6.45) is 5.81. The van der Waals surface area contributed by atoms with E-state index in [2.05, 4.69) is 12.0 Å². The Balaban J connectivity index is 2.05. The lowest BCUT2D eigenvalue weighted by Gasteiger charge is -2.28. The highest BCUT2D eigenvalue weighted by Crippen LogP contribution is 2.26. The maximum absolute atomic E-state index is 10.7. The average Bonchev–Trinajstić information content (AvgIpc) is 2.84. The standard InChI is InChI=1S/C11H17N3O2/c1-9(14-7-3-5-12-14)10-4-2-6-13(10)8-11(15)16/h3,5,7,9-10H,2,4,6,8H2,1H3,(H,15,16)/t9-,10+/m0/s1. The molecule has 5 heteroatoms. The Morgan fingerprint density at radius 3 is 3.12 bits per heavy atom. The highest BCUT2D eigenvalue weighted by molar-refractivity contribution is 5.69. The van der Waals surface area contributed by atoms with Gasteiger partial charge in [-0.1, -0.05) is 0 Å². The van der Waals surface area contributed by atoms with Crippen molar-refractivity contribution < 1.29 is 9.90 Å². The molecule has 1 fully saturated rings. The topological polar surface area (TPSA) is 58.4 Å². The van der Waals surface area contributed by atoms with E-state index in [4.69, 9.17) is 5.11 Å². The molecule has 0 radical (unpaired) electrons. The van der Waals surface area contributed by atoms with Crippen LogP contribution in [0.1, 0.15) is 25.8 Å². The van der Waals surface area contributed by atoms with E-state index in [9.17, 15) is 4.79 Å². The van der Waals surface area contributed by atoms with E-state index < -0.39 is 5.97 Å². The monoisotopic (exact) mass is 223 g/mol. The first-order valence-electron chi connectivity index (χ1n) is 5.63.